The molecule has 0 fully saturated rings. The van der Waals surface area contributed by atoms with Crippen molar-refractivity contribution in [3.63, 3.8) is 0 Å². The smallest absolute Gasteiger partial charge is 0.137 e. The SMILES string of the molecule is CC.CC(=O)CCn1cncn1. The van der Waals surface area contributed by atoms with Crippen LogP contribution in [-0.4, -0.2) is 20.5 Å². The highest BCUT2D eigenvalue weighted by molar-refractivity contribution is 5.75. The molecule has 0 radical (unpaired) electrons. The molecule has 4 nitrogen and oxygen atoms in total. The van der Waals surface area contributed by atoms with Crippen LogP contribution in [0, 0.1) is 0 Å². The van der Waals surface area contributed by atoms with E-state index in [0.29, 0.717) is 13.0 Å². The van der Waals surface area contributed by atoms with Gasteiger partial charge in [-0.1, -0.05) is 13.8 Å². The zero-order valence-corrected chi connectivity index (χ0v) is 7.82. The molecule has 0 amide bonds. The minimum Gasteiger partial charge on any atom is -0.300 e. The van der Waals surface area contributed by atoms with Crippen molar-refractivity contribution in [2.45, 2.75) is 33.7 Å². The molecular weight excluding hydrogens is 154 g/mol. The lowest BCUT2D eigenvalue weighted by Gasteiger charge is -1.94. The zero-order chi connectivity index (χ0) is 9.40. The number of Topliss-reactive ketones (excluding diaryl/α,β-unsaturated/α-hetero) is 1. The van der Waals surface area contributed by atoms with Crippen LogP contribution in [0.2, 0.25) is 0 Å². The van der Waals surface area contributed by atoms with Gasteiger partial charge in [-0.15, -0.1) is 0 Å². The lowest BCUT2D eigenvalue weighted by Crippen LogP contribution is -2.02. The van der Waals surface area contributed by atoms with Crippen molar-refractivity contribution in [1.29, 1.82) is 0 Å². The standard InChI is InChI=1S/C6H9N3O.C2H6/c1-6(10)2-3-9-5-7-4-8-9;1-2/h4-5H,2-3H2,1H3;1-2H3. The van der Waals surface area contributed by atoms with Gasteiger partial charge >= 0.3 is 0 Å². The molecule has 1 aromatic rings. The second-order valence-electron chi connectivity index (χ2n) is 2.11. The quantitative estimate of drug-likeness (QED) is 0.684. The van der Waals surface area contributed by atoms with Crippen molar-refractivity contribution >= 4 is 5.78 Å². The molecule has 0 atom stereocenters. The lowest BCUT2D eigenvalue weighted by molar-refractivity contribution is -0.117. The molecule has 0 spiro atoms. The van der Waals surface area contributed by atoms with Crippen LogP contribution in [-0.2, 0) is 11.3 Å². The van der Waals surface area contributed by atoms with Crippen molar-refractivity contribution < 1.29 is 4.79 Å². The van der Waals surface area contributed by atoms with Gasteiger partial charge in [0.2, 0.25) is 0 Å². The molecule has 0 N–H and O–H groups in total. The van der Waals surface area contributed by atoms with Crippen molar-refractivity contribution in [1.82, 2.24) is 14.8 Å². The molecule has 12 heavy (non-hydrogen) atoms. The third kappa shape index (κ3) is 4.60. The van der Waals surface area contributed by atoms with E-state index in [1.807, 2.05) is 13.8 Å². The summed E-state index contributed by atoms with van der Waals surface area (Å²) in [6.07, 6.45) is 3.59. The Balaban J connectivity index is 0.000000561. The summed E-state index contributed by atoms with van der Waals surface area (Å²) in [5.41, 5.74) is 0. The van der Waals surface area contributed by atoms with Crippen molar-refractivity contribution in [2.24, 2.45) is 0 Å². The molecule has 0 aromatic carbocycles. The molecule has 0 bridgehead atoms. The Morgan fingerprint density at radius 3 is 2.58 bits per heavy atom. The Hall–Kier alpha value is -1.19. The van der Waals surface area contributed by atoms with Gasteiger partial charge < -0.3 is 0 Å². The van der Waals surface area contributed by atoms with Crippen molar-refractivity contribution in [2.75, 3.05) is 0 Å². The van der Waals surface area contributed by atoms with Crippen LogP contribution in [0.4, 0.5) is 0 Å². The first-order chi connectivity index (χ1) is 5.79. The molecule has 0 saturated heterocycles. The number of hydrogen-bond acceptors (Lipinski definition) is 3. The first-order valence-electron chi connectivity index (χ1n) is 4.11. The maximum absolute atomic E-state index is 10.5. The summed E-state index contributed by atoms with van der Waals surface area (Å²) in [5.74, 6) is 0.176. The summed E-state index contributed by atoms with van der Waals surface area (Å²) >= 11 is 0. The second kappa shape index (κ2) is 6.52. The highest BCUT2D eigenvalue weighted by atomic mass is 16.1. The second-order valence-corrected chi connectivity index (χ2v) is 2.11. The van der Waals surface area contributed by atoms with Gasteiger partial charge in [-0.25, -0.2) is 4.98 Å². The molecule has 0 saturated carbocycles. The van der Waals surface area contributed by atoms with E-state index in [9.17, 15) is 4.79 Å². The summed E-state index contributed by atoms with van der Waals surface area (Å²) in [4.78, 5) is 14.2. The van der Waals surface area contributed by atoms with Crippen LogP contribution in [0.3, 0.4) is 0 Å². The Bertz CT molecular complexity index is 206. The van der Waals surface area contributed by atoms with E-state index in [0.717, 1.165) is 0 Å². The summed E-state index contributed by atoms with van der Waals surface area (Å²) in [7, 11) is 0. The third-order valence-corrected chi connectivity index (χ3v) is 1.16. The maximum Gasteiger partial charge on any atom is 0.137 e. The van der Waals surface area contributed by atoms with Gasteiger partial charge in [-0.2, -0.15) is 5.10 Å². The van der Waals surface area contributed by atoms with Crippen molar-refractivity contribution in [3.05, 3.63) is 12.7 Å². The average molecular weight is 169 g/mol. The van der Waals surface area contributed by atoms with Gasteiger partial charge in [-0.3, -0.25) is 9.48 Å². The number of aromatic nitrogens is 3. The molecule has 68 valence electrons. The minimum absolute atomic E-state index is 0.176. The highest BCUT2D eigenvalue weighted by Crippen LogP contribution is 1.86. The zero-order valence-electron chi connectivity index (χ0n) is 7.82. The van der Waals surface area contributed by atoms with Gasteiger partial charge in [0.25, 0.3) is 0 Å². The number of rotatable bonds is 3. The fourth-order valence-corrected chi connectivity index (χ4v) is 0.620. The van der Waals surface area contributed by atoms with Crippen LogP contribution in [0.1, 0.15) is 27.2 Å². The van der Waals surface area contributed by atoms with Gasteiger partial charge in [0.05, 0.1) is 0 Å². The molecule has 0 unspecified atom stereocenters. The highest BCUT2D eigenvalue weighted by Gasteiger charge is 1.93. The van der Waals surface area contributed by atoms with Gasteiger partial charge in [-0.05, 0) is 6.92 Å². The van der Waals surface area contributed by atoms with E-state index in [1.165, 1.54) is 6.33 Å². The van der Waals surface area contributed by atoms with Gasteiger partial charge in [0, 0.05) is 13.0 Å². The van der Waals surface area contributed by atoms with Crippen LogP contribution in [0.15, 0.2) is 12.7 Å². The summed E-state index contributed by atoms with van der Waals surface area (Å²) in [6, 6.07) is 0. The van der Waals surface area contributed by atoms with Crippen LogP contribution in [0.25, 0.3) is 0 Å². The van der Waals surface area contributed by atoms with E-state index in [1.54, 1.807) is 17.9 Å². The van der Waals surface area contributed by atoms with Gasteiger partial charge in [0.15, 0.2) is 0 Å². The molecule has 1 heterocycles. The number of nitrogens with zero attached hydrogens (tertiary/aromatic N) is 3. The fourth-order valence-electron chi connectivity index (χ4n) is 0.620. The Morgan fingerprint density at radius 2 is 2.17 bits per heavy atom. The number of ketones is 1. The van der Waals surface area contributed by atoms with E-state index < -0.39 is 0 Å². The molecule has 4 heteroatoms. The van der Waals surface area contributed by atoms with Crippen LogP contribution in [0.5, 0.6) is 0 Å². The van der Waals surface area contributed by atoms with Crippen molar-refractivity contribution in [3.8, 4) is 0 Å². The maximum atomic E-state index is 10.5. The molecular formula is C8H15N3O. The Morgan fingerprint density at radius 1 is 1.50 bits per heavy atom. The number of aryl methyl sites for hydroxylation is 1. The lowest BCUT2D eigenvalue weighted by atomic mass is 10.3. The summed E-state index contributed by atoms with van der Waals surface area (Å²) < 4.78 is 1.64. The summed E-state index contributed by atoms with van der Waals surface area (Å²) in [5, 5.41) is 3.84. The summed E-state index contributed by atoms with van der Waals surface area (Å²) in [6.45, 7) is 6.20. The molecule has 0 aliphatic rings. The minimum atomic E-state index is 0.176. The van der Waals surface area contributed by atoms with Gasteiger partial charge in [0.1, 0.15) is 18.4 Å². The van der Waals surface area contributed by atoms with Crippen LogP contribution >= 0.6 is 0 Å². The largest absolute Gasteiger partial charge is 0.300 e. The topological polar surface area (TPSA) is 47.8 Å². The average Bonchev–Trinajstić information content (AvgIpc) is 2.56. The number of hydrogen-bond donors (Lipinski definition) is 0. The number of carbonyl (C=O) groups is 1. The Labute approximate surface area is 72.6 Å². The first kappa shape index (κ1) is 10.8. The number of carbonyl (C=O) groups excluding carboxylic acids is 1. The van der Waals surface area contributed by atoms with Crippen LogP contribution < -0.4 is 0 Å². The van der Waals surface area contributed by atoms with E-state index in [4.69, 9.17) is 0 Å². The third-order valence-electron chi connectivity index (χ3n) is 1.16. The first-order valence-corrected chi connectivity index (χ1v) is 4.11. The predicted molar refractivity (Wildman–Crippen MR) is 46.7 cm³/mol. The van der Waals surface area contributed by atoms with E-state index in [-0.39, 0.29) is 5.78 Å². The predicted octanol–water partition coefficient (Wildman–Crippen LogP) is 1.28. The van der Waals surface area contributed by atoms with E-state index in [2.05, 4.69) is 10.1 Å². The molecule has 1 aromatic heterocycles. The molecule has 0 aliphatic carbocycles. The normalized spacial score (nSPS) is 8.58. The molecule has 0 aliphatic heterocycles. The van der Waals surface area contributed by atoms with E-state index >= 15 is 0 Å². The molecule has 1 rings (SSSR count). The Kier molecular flexibility index (Phi) is 5.87. The fraction of sp³-hybridized carbons (Fsp3) is 0.625. The monoisotopic (exact) mass is 169 g/mol.